The van der Waals surface area contributed by atoms with Crippen LogP contribution in [-0.4, -0.2) is 33.9 Å². The molecule has 23 heavy (non-hydrogen) atoms. The number of thiophene rings is 1. The van der Waals surface area contributed by atoms with Gasteiger partial charge in [0.25, 0.3) is 5.56 Å². The van der Waals surface area contributed by atoms with Gasteiger partial charge >= 0.3 is 11.7 Å². The second-order valence-corrected chi connectivity index (χ2v) is 6.00. The Morgan fingerprint density at radius 1 is 1.35 bits per heavy atom. The van der Waals surface area contributed by atoms with Crippen molar-refractivity contribution in [3.63, 3.8) is 0 Å². The fraction of sp³-hybridized carbons (Fsp3) is 0.400. The van der Waals surface area contributed by atoms with E-state index in [0.29, 0.717) is 16.8 Å². The number of nitrogens with zero attached hydrogens (tertiary/aromatic N) is 2. The molecule has 124 valence electrons. The average molecular weight is 338 g/mol. The molecule has 0 saturated carbocycles. The Labute approximate surface area is 136 Å². The smallest absolute Gasteiger partial charge is 0.346 e. The molecule has 2 rings (SSSR count). The van der Waals surface area contributed by atoms with Crippen LogP contribution >= 0.6 is 11.3 Å². The fourth-order valence-electron chi connectivity index (χ4n) is 2.40. The van der Waals surface area contributed by atoms with Gasteiger partial charge < -0.3 is 9.84 Å². The summed E-state index contributed by atoms with van der Waals surface area (Å²) in [5.41, 5.74) is -0.526. The molecule has 0 fully saturated rings. The van der Waals surface area contributed by atoms with E-state index in [1.165, 1.54) is 11.7 Å². The zero-order valence-electron chi connectivity index (χ0n) is 13.0. The van der Waals surface area contributed by atoms with E-state index in [2.05, 4.69) is 6.58 Å². The first kappa shape index (κ1) is 17.2. The van der Waals surface area contributed by atoms with Crippen LogP contribution in [0.25, 0.3) is 10.2 Å². The lowest BCUT2D eigenvalue weighted by Gasteiger charge is -2.11. The van der Waals surface area contributed by atoms with Crippen molar-refractivity contribution in [2.24, 2.45) is 0 Å². The number of ether oxygens (including phenoxy) is 1. The Bertz CT molecular complexity index is 875. The molecule has 0 radical (unpaired) electrons. The molecule has 7 nitrogen and oxygen atoms in total. The molecule has 8 heteroatoms. The van der Waals surface area contributed by atoms with Crippen LogP contribution in [0.5, 0.6) is 0 Å². The summed E-state index contributed by atoms with van der Waals surface area (Å²) in [6.07, 6.45) is 2.10. The zero-order valence-corrected chi connectivity index (χ0v) is 13.8. The molecule has 0 aliphatic heterocycles. The van der Waals surface area contributed by atoms with Crippen LogP contribution in [0, 0.1) is 6.92 Å². The molecule has 0 aliphatic carbocycles. The minimum atomic E-state index is -1.11. The number of carboxylic acid groups (broad SMARTS) is 1. The summed E-state index contributed by atoms with van der Waals surface area (Å²) < 4.78 is 7.55. The van der Waals surface area contributed by atoms with Gasteiger partial charge in [-0.15, -0.1) is 17.9 Å². The van der Waals surface area contributed by atoms with Crippen molar-refractivity contribution in [2.45, 2.75) is 26.4 Å². The highest BCUT2D eigenvalue weighted by atomic mass is 32.1. The molecule has 0 unspecified atom stereocenters. The summed E-state index contributed by atoms with van der Waals surface area (Å²) in [4.78, 5) is 37.0. The maximum Gasteiger partial charge on any atom is 0.346 e. The summed E-state index contributed by atoms with van der Waals surface area (Å²) in [6.45, 7) is 5.93. The normalized spacial score (nSPS) is 11.0. The Balaban J connectivity index is 2.85. The first-order valence-electron chi connectivity index (χ1n) is 7.03. The molecule has 2 aromatic heterocycles. The number of allylic oxidation sites excluding steroid dienone is 1. The van der Waals surface area contributed by atoms with E-state index in [9.17, 15) is 19.5 Å². The molecule has 0 spiro atoms. The fourth-order valence-corrected chi connectivity index (χ4v) is 3.55. The summed E-state index contributed by atoms with van der Waals surface area (Å²) in [5.74, 6) is -1.11. The van der Waals surface area contributed by atoms with E-state index in [0.717, 1.165) is 15.9 Å². The van der Waals surface area contributed by atoms with E-state index >= 15 is 0 Å². The largest absolute Gasteiger partial charge is 0.477 e. The third-order valence-electron chi connectivity index (χ3n) is 3.56. The second-order valence-electron chi connectivity index (χ2n) is 5.00. The Morgan fingerprint density at radius 2 is 2.04 bits per heavy atom. The number of rotatable bonds is 7. The van der Waals surface area contributed by atoms with Crippen LogP contribution in [-0.2, 0) is 17.8 Å². The number of fused-ring (bicyclic) bond motifs is 1. The van der Waals surface area contributed by atoms with Gasteiger partial charge in [0.1, 0.15) is 9.71 Å². The molecule has 0 amide bonds. The lowest BCUT2D eigenvalue weighted by atomic mass is 10.2. The highest BCUT2D eigenvalue weighted by molar-refractivity contribution is 7.20. The Kier molecular flexibility index (Phi) is 5.17. The second kappa shape index (κ2) is 6.93. The first-order chi connectivity index (χ1) is 10.9. The molecule has 2 aromatic rings. The van der Waals surface area contributed by atoms with Crippen molar-refractivity contribution < 1.29 is 14.6 Å². The minimum Gasteiger partial charge on any atom is -0.477 e. The minimum absolute atomic E-state index is 0.0733. The van der Waals surface area contributed by atoms with Gasteiger partial charge in [-0.25, -0.2) is 9.59 Å². The predicted octanol–water partition coefficient (Wildman–Crippen LogP) is 1.45. The van der Waals surface area contributed by atoms with Gasteiger partial charge in [0.2, 0.25) is 0 Å². The van der Waals surface area contributed by atoms with E-state index in [4.69, 9.17) is 4.74 Å². The van der Waals surface area contributed by atoms with Crippen LogP contribution < -0.4 is 11.2 Å². The monoisotopic (exact) mass is 338 g/mol. The molecule has 0 aromatic carbocycles. The summed E-state index contributed by atoms with van der Waals surface area (Å²) in [5, 5.41) is 9.57. The number of aryl methyl sites for hydroxylation is 1. The van der Waals surface area contributed by atoms with Gasteiger partial charge in [0, 0.05) is 13.7 Å². The third-order valence-corrected chi connectivity index (χ3v) is 4.87. The number of hydrogen-bond donors (Lipinski definition) is 1. The van der Waals surface area contributed by atoms with Crippen molar-refractivity contribution in [2.75, 3.05) is 13.7 Å². The molecule has 0 atom stereocenters. The van der Waals surface area contributed by atoms with Crippen molar-refractivity contribution >= 4 is 27.5 Å². The van der Waals surface area contributed by atoms with Crippen molar-refractivity contribution in [1.29, 1.82) is 0 Å². The van der Waals surface area contributed by atoms with E-state index in [-0.39, 0.29) is 30.0 Å². The molecule has 0 aliphatic rings. The Morgan fingerprint density at radius 3 is 2.61 bits per heavy atom. The van der Waals surface area contributed by atoms with Crippen molar-refractivity contribution in [3.05, 3.63) is 43.9 Å². The maximum atomic E-state index is 12.6. The van der Waals surface area contributed by atoms with Crippen LogP contribution in [0.3, 0.4) is 0 Å². The van der Waals surface area contributed by atoms with Crippen LogP contribution in [0.4, 0.5) is 0 Å². The lowest BCUT2D eigenvalue weighted by molar-refractivity contribution is 0.0701. The SMILES string of the molecule is C=CCCn1c(=O)c2c(C)c(C(=O)O)sc2n(CCOC)c1=O. The lowest BCUT2D eigenvalue weighted by Crippen LogP contribution is -2.40. The van der Waals surface area contributed by atoms with E-state index in [1.54, 1.807) is 13.0 Å². The topological polar surface area (TPSA) is 90.5 Å². The number of hydrogen-bond acceptors (Lipinski definition) is 5. The molecule has 0 bridgehead atoms. The van der Waals surface area contributed by atoms with E-state index in [1.807, 2.05) is 0 Å². The number of carbonyl (C=O) groups is 1. The highest BCUT2D eigenvalue weighted by Crippen LogP contribution is 2.27. The van der Waals surface area contributed by atoms with Crippen molar-refractivity contribution in [3.8, 4) is 0 Å². The van der Waals surface area contributed by atoms with Crippen LogP contribution in [0.2, 0.25) is 0 Å². The number of carboxylic acids is 1. The molecular weight excluding hydrogens is 320 g/mol. The van der Waals surface area contributed by atoms with Gasteiger partial charge in [0.15, 0.2) is 0 Å². The number of aromatic nitrogens is 2. The summed E-state index contributed by atoms with van der Waals surface area (Å²) >= 11 is 0.944. The van der Waals surface area contributed by atoms with Crippen LogP contribution in [0.1, 0.15) is 21.7 Å². The van der Waals surface area contributed by atoms with Gasteiger partial charge in [-0.3, -0.25) is 13.9 Å². The third kappa shape index (κ3) is 2.99. The predicted molar refractivity (Wildman–Crippen MR) is 88.7 cm³/mol. The van der Waals surface area contributed by atoms with Gasteiger partial charge in [0.05, 0.1) is 18.5 Å². The zero-order chi connectivity index (χ0) is 17.1. The van der Waals surface area contributed by atoms with E-state index < -0.39 is 17.2 Å². The molecular formula is C15H18N2O5S. The first-order valence-corrected chi connectivity index (χ1v) is 7.85. The maximum absolute atomic E-state index is 12.6. The summed E-state index contributed by atoms with van der Waals surface area (Å²) in [7, 11) is 1.51. The molecule has 1 N–H and O–H groups in total. The van der Waals surface area contributed by atoms with Gasteiger partial charge in [-0.05, 0) is 18.9 Å². The van der Waals surface area contributed by atoms with Gasteiger partial charge in [-0.1, -0.05) is 6.08 Å². The Hall–Kier alpha value is -2.19. The summed E-state index contributed by atoms with van der Waals surface area (Å²) in [6, 6.07) is 0. The average Bonchev–Trinajstić information content (AvgIpc) is 2.85. The van der Waals surface area contributed by atoms with Gasteiger partial charge in [-0.2, -0.15) is 0 Å². The highest BCUT2D eigenvalue weighted by Gasteiger charge is 2.22. The quantitative estimate of drug-likeness (QED) is 0.772. The van der Waals surface area contributed by atoms with Crippen molar-refractivity contribution in [1.82, 2.24) is 9.13 Å². The number of aromatic carboxylic acids is 1. The molecule has 0 saturated heterocycles. The van der Waals surface area contributed by atoms with Crippen LogP contribution in [0.15, 0.2) is 22.2 Å². The number of methoxy groups -OCH3 is 1. The molecule has 2 heterocycles. The standard InChI is InChI=1S/C15H18N2O5S/c1-4-5-6-16-12(18)10-9(2)11(14(19)20)23-13(10)17(15(16)21)7-8-22-3/h4H,1,5-8H2,2-3H3,(H,19,20).